The van der Waals surface area contributed by atoms with Crippen LogP contribution in [-0.2, 0) is 10.0 Å². The highest BCUT2D eigenvalue weighted by Gasteiger charge is 2.21. The van der Waals surface area contributed by atoms with Crippen molar-refractivity contribution in [3.05, 3.63) is 0 Å². The fourth-order valence-electron chi connectivity index (χ4n) is 1.47. The number of nitrogens with one attached hydrogen (secondary N) is 1. The molecule has 1 saturated carbocycles. The van der Waals surface area contributed by atoms with E-state index in [1.54, 1.807) is 0 Å². The van der Waals surface area contributed by atoms with Gasteiger partial charge in [0.15, 0.2) is 0 Å². The molecule has 7 heteroatoms. The number of rotatable bonds is 9. The largest absolute Gasteiger partial charge is 0.314 e. The predicted octanol–water partition coefficient (Wildman–Crippen LogP) is 1.05. The Balaban J connectivity index is 2.13. The van der Waals surface area contributed by atoms with Crippen LogP contribution in [0, 0.1) is 0 Å². The van der Waals surface area contributed by atoms with Gasteiger partial charge in [-0.2, -0.15) is 4.31 Å². The highest BCUT2D eigenvalue weighted by molar-refractivity contribution is 7.89. The fourth-order valence-corrected chi connectivity index (χ4v) is 2.69. The van der Waals surface area contributed by atoms with Crippen LogP contribution in [0.2, 0.25) is 0 Å². The van der Waals surface area contributed by atoms with Crippen molar-refractivity contribution >= 4 is 10.0 Å². The van der Waals surface area contributed by atoms with E-state index in [-0.39, 0.29) is 5.75 Å². The molecule has 4 nitrogen and oxygen atoms in total. The number of hydrogen-bond acceptors (Lipinski definition) is 3. The summed E-state index contributed by atoms with van der Waals surface area (Å²) in [5.41, 5.74) is 0. The van der Waals surface area contributed by atoms with Gasteiger partial charge in [0.05, 0.1) is 12.3 Å². The van der Waals surface area contributed by atoms with Crippen LogP contribution in [0.25, 0.3) is 0 Å². The lowest BCUT2D eigenvalue weighted by Crippen LogP contribution is -2.33. The zero-order valence-electron chi connectivity index (χ0n) is 10.0. The smallest absolute Gasteiger partial charge is 0.252 e. The molecule has 0 aromatic heterocycles. The van der Waals surface area contributed by atoms with E-state index in [4.69, 9.17) is 0 Å². The van der Waals surface area contributed by atoms with Crippen LogP contribution in [0.5, 0.6) is 0 Å². The highest BCUT2D eigenvalue weighted by atomic mass is 32.2. The molecule has 0 heterocycles. The summed E-state index contributed by atoms with van der Waals surface area (Å²) in [4.78, 5) is 0. The highest BCUT2D eigenvalue weighted by Crippen LogP contribution is 2.18. The Labute approximate surface area is 101 Å². The molecule has 1 aliphatic carbocycles. The third-order valence-corrected chi connectivity index (χ3v) is 4.61. The Hall–Kier alpha value is -0.270. The van der Waals surface area contributed by atoms with Gasteiger partial charge >= 0.3 is 0 Å². The van der Waals surface area contributed by atoms with Gasteiger partial charge in [0, 0.05) is 13.1 Å². The molecule has 0 saturated heterocycles. The van der Waals surface area contributed by atoms with E-state index in [0.717, 1.165) is 17.3 Å². The summed E-state index contributed by atoms with van der Waals surface area (Å²) in [6.07, 6.45) is 1.06. The summed E-state index contributed by atoms with van der Waals surface area (Å²) in [7, 11) is -2.32. The lowest BCUT2D eigenvalue weighted by molar-refractivity contribution is 0.126. The van der Waals surface area contributed by atoms with E-state index in [9.17, 15) is 17.2 Å². The lowest BCUT2D eigenvalue weighted by atomic mass is 10.3. The van der Waals surface area contributed by atoms with Crippen LogP contribution in [0.1, 0.15) is 25.7 Å². The van der Waals surface area contributed by atoms with E-state index < -0.39 is 23.0 Å². The van der Waals surface area contributed by atoms with Crippen LogP contribution >= 0.6 is 0 Å². The van der Waals surface area contributed by atoms with Gasteiger partial charge in [-0.15, -0.1) is 0 Å². The van der Waals surface area contributed by atoms with E-state index in [2.05, 4.69) is 5.32 Å². The normalized spacial score (nSPS) is 17.0. The molecule has 1 aliphatic rings. The summed E-state index contributed by atoms with van der Waals surface area (Å²) in [6, 6.07) is 0.619. The second-order valence-corrected chi connectivity index (χ2v) is 6.62. The molecular weight excluding hydrogens is 250 g/mol. The van der Waals surface area contributed by atoms with E-state index in [0.29, 0.717) is 12.5 Å². The second kappa shape index (κ2) is 6.61. The number of halogens is 2. The molecule has 17 heavy (non-hydrogen) atoms. The van der Waals surface area contributed by atoms with Crippen LogP contribution in [-0.4, -0.2) is 51.1 Å². The average molecular weight is 270 g/mol. The Morgan fingerprint density at radius 2 is 2.00 bits per heavy atom. The number of nitrogens with zero attached hydrogens (tertiary/aromatic N) is 1. The molecule has 0 unspecified atom stereocenters. The number of hydrogen-bond donors (Lipinski definition) is 1. The van der Waals surface area contributed by atoms with Crippen molar-refractivity contribution in [1.82, 2.24) is 9.62 Å². The first-order valence-corrected chi connectivity index (χ1v) is 7.48. The van der Waals surface area contributed by atoms with Crippen LogP contribution in [0.15, 0.2) is 0 Å². The summed E-state index contributed by atoms with van der Waals surface area (Å²) < 4.78 is 47.9. The molecule has 1 N–H and O–H groups in total. The maximum atomic E-state index is 12.0. The van der Waals surface area contributed by atoms with Crippen LogP contribution in [0.3, 0.4) is 0 Å². The van der Waals surface area contributed by atoms with Gasteiger partial charge in [-0.05, 0) is 32.2 Å². The molecule has 0 spiro atoms. The fraction of sp³-hybridized carbons (Fsp3) is 1.00. The molecule has 1 fully saturated rings. The lowest BCUT2D eigenvalue weighted by Gasteiger charge is -2.16. The van der Waals surface area contributed by atoms with Crippen LogP contribution in [0.4, 0.5) is 8.78 Å². The third kappa shape index (κ3) is 6.28. The van der Waals surface area contributed by atoms with E-state index in [1.807, 2.05) is 0 Å². The molecule has 0 aromatic carbocycles. The Morgan fingerprint density at radius 3 is 2.53 bits per heavy atom. The Morgan fingerprint density at radius 1 is 1.35 bits per heavy atom. The minimum absolute atomic E-state index is 0.0530. The van der Waals surface area contributed by atoms with Crippen molar-refractivity contribution in [1.29, 1.82) is 0 Å². The van der Waals surface area contributed by atoms with Gasteiger partial charge in [0.2, 0.25) is 10.0 Å². The summed E-state index contributed by atoms with van der Waals surface area (Å²) in [5, 5.41) is 3.28. The third-order valence-electron chi connectivity index (χ3n) is 2.71. The zero-order valence-corrected chi connectivity index (χ0v) is 10.8. The zero-order chi connectivity index (χ0) is 12.9. The van der Waals surface area contributed by atoms with Crippen molar-refractivity contribution in [3.8, 4) is 0 Å². The molecule has 0 amide bonds. The maximum absolute atomic E-state index is 12.0. The molecular formula is C10H20F2N2O2S. The molecule has 0 bridgehead atoms. The van der Waals surface area contributed by atoms with Crippen molar-refractivity contribution in [2.24, 2.45) is 0 Å². The van der Waals surface area contributed by atoms with Gasteiger partial charge in [-0.1, -0.05) is 0 Å². The topological polar surface area (TPSA) is 49.4 Å². The first-order chi connectivity index (χ1) is 7.92. The summed E-state index contributed by atoms with van der Waals surface area (Å²) in [5.74, 6) is -0.0530. The average Bonchev–Trinajstić information content (AvgIpc) is 2.99. The first kappa shape index (κ1) is 14.8. The van der Waals surface area contributed by atoms with Gasteiger partial charge in [0.1, 0.15) is 0 Å². The van der Waals surface area contributed by atoms with Crippen molar-refractivity contribution in [3.63, 3.8) is 0 Å². The monoisotopic (exact) mass is 270 g/mol. The van der Waals surface area contributed by atoms with Gasteiger partial charge in [-0.3, -0.25) is 0 Å². The minimum atomic E-state index is -3.51. The second-order valence-electron chi connectivity index (χ2n) is 4.42. The summed E-state index contributed by atoms with van der Waals surface area (Å²) >= 11 is 0. The van der Waals surface area contributed by atoms with Gasteiger partial charge in [-0.25, -0.2) is 17.2 Å². The minimum Gasteiger partial charge on any atom is -0.314 e. The molecule has 1 rings (SSSR count). The van der Waals surface area contributed by atoms with Gasteiger partial charge < -0.3 is 5.32 Å². The van der Waals surface area contributed by atoms with Crippen LogP contribution < -0.4 is 5.32 Å². The van der Waals surface area contributed by atoms with Crippen molar-refractivity contribution in [2.45, 2.75) is 38.2 Å². The Bertz CT molecular complexity index is 318. The predicted molar refractivity (Wildman–Crippen MR) is 62.7 cm³/mol. The van der Waals surface area contributed by atoms with E-state index >= 15 is 0 Å². The maximum Gasteiger partial charge on any atom is 0.252 e. The number of alkyl halides is 2. The quantitative estimate of drug-likeness (QED) is 0.637. The van der Waals surface area contributed by atoms with Gasteiger partial charge in [0.25, 0.3) is 6.43 Å². The van der Waals surface area contributed by atoms with E-state index in [1.165, 1.54) is 19.9 Å². The molecule has 0 aliphatic heterocycles. The standard InChI is InChI=1S/C10H20F2N2O2S/c1-14(8-10(11)12)17(15,16)7-3-2-6-13-9-4-5-9/h9-10,13H,2-8H2,1H3. The molecule has 0 radical (unpaired) electrons. The molecule has 102 valence electrons. The number of sulfonamides is 1. The first-order valence-electron chi connectivity index (χ1n) is 5.87. The van der Waals surface area contributed by atoms with Crippen molar-refractivity contribution < 1.29 is 17.2 Å². The molecule has 0 atom stereocenters. The number of unbranched alkanes of at least 4 members (excludes halogenated alkanes) is 1. The van der Waals surface area contributed by atoms with Crippen molar-refractivity contribution in [2.75, 3.05) is 25.9 Å². The molecule has 0 aromatic rings. The Kier molecular flexibility index (Phi) is 5.75. The summed E-state index contributed by atoms with van der Waals surface area (Å²) in [6.45, 7) is 0.0847. The SMILES string of the molecule is CN(CC(F)F)S(=O)(=O)CCCCNC1CC1.